The van der Waals surface area contributed by atoms with E-state index < -0.39 is 5.60 Å². The van der Waals surface area contributed by atoms with E-state index in [4.69, 9.17) is 9.47 Å². The normalized spacial score (nSPS) is 20.8. The van der Waals surface area contributed by atoms with Crippen LogP contribution in [0.4, 0.5) is 5.69 Å². The van der Waals surface area contributed by atoms with Crippen molar-refractivity contribution < 1.29 is 14.3 Å². The molecule has 2 heterocycles. The van der Waals surface area contributed by atoms with Gasteiger partial charge in [0.1, 0.15) is 0 Å². The Hall–Kier alpha value is -2.18. The van der Waals surface area contributed by atoms with Crippen molar-refractivity contribution >= 4 is 11.6 Å². The summed E-state index contributed by atoms with van der Waals surface area (Å²) in [6.07, 6.45) is 3.29. The predicted octanol–water partition coefficient (Wildman–Crippen LogP) is 2.62. The molecule has 3 rings (SSSR count). The van der Waals surface area contributed by atoms with Gasteiger partial charge in [-0.3, -0.25) is 4.79 Å². The van der Waals surface area contributed by atoms with Crippen molar-refractivity contribution in [3.8, 4) is 5.69 Å². The molecule has 1 aliphatic rings. The molecule has 1 amide bonds. The second-order valence-corrected chi connectivity index (χ2v) is 6.14. The van der Waals surface area contributed by atoms with Gasteiger partial charge in [0.2, 0.25) is 0 Å². The lowest BCUT2D eigenvalue weighted by Crippen LogP contribution is -2.50. The molecular weight excluding hydrogens is 306 g/mol. The largest absolute Gasteiger partial charge is 0.378 e. The second-order valence-electron chi connectivity index (χ2n) is 6.14. The third-order valence-corrected chi connectivity index (χ3v) is 4.66. The average molecular weight is 329 g/mol. The number of carbonyl (C=O) groups is 1. The van der Waals surface area contributed by atoms with E-state index in [2.05, 4.69) is 10.3 Å². The van der Waals surface area contributed by atoms with Crippen LogP contribution in [0.15, 0.2) is 30.6 Å². The number of amides is 1. The zero-order chi connectivity index (χ0) is 17.2. The summed E-state index contributed by atoms with van der Waals surface area (Å²) >= 11 is 0. The molecule has 0 bridgehead atoms. The summed E-state index contributed by atoms with van der Waals surface area (Å²) in [5.74, 6) is -0.160. The van der Waals surface area contributed by atoms with Crippen LogP contribution in [0.1, 0.15) is 24.2 Å². The Morgan fingerprint density at radius 1 is 1.33 bits per heavy atom. The van der Waals surface area contributed by atoms with E-state index in [-0.39, 0.29) is 5.91 Å². The highest BCUT2D eigenvalue weighted by Gasteiger charge is 2.40. The first kappa shape index (κ1) is 16.7. The molecule has 1 atom stereocenters. The number of ether oxygens (including phenoxy) is 2. The summed E-state index contributed by atoms with van der Waals surface area (Å²) in [6.45, 7) is 4.98. The van der Waals surface area contributed by atoms with E-state index in [0.717, 1.165) is 29.2 Å². The summed E-state index contributed by atoms with van der Waals surface area (Å²) < 4.78 is 12.9. The number of hydrogen-bond donors (Lipinski definition) is 1. The lowest BCUT2D eigenvalue weighted by atomic mass is 9.95. The molecule has 24 heavy (non-hydrogen) atoms. The highest BCUT2D eigenvalue weighted by molar-refractivity contribution is 5.97. The Bertz CT molecular complexity index is 716. The molecule has 1 aromatic carbocycles. The Morgan fingerprint density at radius 2 is 2.08 bits per heavy atom. The van der Waals surface area contributed by atoms with Crippen LogP contribution in [-0.4, -0.2) is 41.4 Å². The molecule has 0 radical (unpaired) electrons. The molecule has 0 spiro atoms. The van der Waals surface area contributed by atoms with Gasteiger partial charge in [0.15, 0.2) is 5.60 Å². The van der Waals surface area contributed by atoms with Crippen molar-refractivity contribution in [2.24, 2.45) is 0 Å². The quantitative estimate of drug-likeness (QED) is 0.936. The number of imidazole rings is 1. The van der Waals surface area contributed by atoms with Crippen LogP contribution in [0.25, 0.3) is 5.69 Å². The molecule has 0 saturated carbocycles. The lowest BCUT2D eigenvalue weighted by Gasteiger charge is -2.34. The van der Waals surface area contributed by atoms with E-state index in [1.165, 1.54) is 0 Å². The van der Waals surface area contributed by atoms with E-state index in [1.54, 1.807) is 13.4 Å². The van der Waals surface area contributed by atoms with Gasteiger partial charge < -0.3 is 19.4 Å². The molecule has 128 valence electrons. The van der Waals surface area contributed by atoms with Crippen molar-refractivity contribution in [1.82, 2.24) is 9.55 Å². The molecule has 1 fully saturated rings. The van der Waals surface area contributed by atoms with Crippen LogP contribution >= 0.6 is 0 Å². The maximum atomic E-state index is 12.6. The van der Waals surface area contributed by atoms with Gasteiger partial charge in [0, 0.05) is 30.8 Å². The third-order valence-electron chi connectivity index (χ3n) is 4.66. The topological polar surface area (TPSA) is 65.4 Å². The first-order chi connectivity index (χ1) is 11.6. The highest BCUT2D eigenvalue weighted by Crippen LogP contribution is 2.25. The van der Waals surface area contributed by atoms with Crippen molar-refractivity contribution in [2.45, 2.75) is 32.3 Å². The van der Waals surface area contributed by atoms with Gasteiger partial charge in [0.25, 0.3) is 5.91 Å². The minimum absolute atomic E-state index is 0.160. The smallest absolute Gasteiger partial charge is 0.259 e. The number of carbonyl (C=O) groups excluding carboxylic acids is 1. The van der Waals surface area contributed by atoms with Gasteiger partial charge in [0.05, 0.1) is 18.6 Å². The van der Waals surface area contributed by atoms with Crippen molar-refractivity contribution in [2.75, 3.05) is 25.6 Å². The molecule has 1 aromatic heterocycles. The van der Waals surface area contributed by atoms with Crippen LogP contribution in [-0.2, 0) is 14.3 Å². The molecule has 2 aromatic rings. The molecule has 1 aliphatic heterocycles. The van der Waals surface area contributed by atoms with Crippen LogP contribution in [0.2, 0.25) is 0 Å². The van der Waals surface area contributed by atoms with Crippen molar-refractivity contribution in [3.05, 3.63) is 42.0 Å². The summed E-state index contributed by atoms with van der Waals surface area (Å²) in [7, 11) is 1.56. The number of anilines is 1. The van der Waals surface area contributed by atoms with Crippen LogP contribution in [0.3, 0.4) is 0 Å². The minimum Gasteiger partial charge on any atom is -0.378 e. The summed E-state index contributed by atoms with van der Waals surface area (Å²) in [5, 5.41) is 2.93. The monoisotopic (exact) mass is 329 g/mol. The maximum Gasteiger partial charge on any atom is 0.259 e. The van der Waals surface area contributed by atoms with Gasteiger partial charge in [-0.05, 0) is 51.0 Å². The van der Waals surface area contributed by atoms with Gasteiger partial charge in [-0.25, -0.2) is 4.98 Å². The van der Waals surface area contributed by atoms with Crippen molar-refractivity contribution in [3.63, 3.8) is 0 Å². The molecule has 1 saturated heterocycles. The van der Waals surface area contributed by atoms with Gasteiger partial charge in [-0.2, -0.15) is 0 Å². The van der Waals surface area contributed by atoms with Crippen LogP contribution < -0.4 is 5.32 Å². The number of rotatable bonds is 4. The Morgan fingerprint density at radius 3 is 2.62 bits per heavy atom. The first-order valence-electron chi connectivity index (χ1n) is 8.11. The standard InChI is InChI=1S/C18H23N3O3/c1-13-14(2)21(12-19-13)16-7-5-15(6-8-16)20-17(22)18(23-3)9-4-10-24-11-18/h5-8,12H,4,9-11H2,1-3H3,(H,20,22). The minimum atomic E-state index is -0.894. The molecule has 1 N–H and O–H groups in total. The van der Waals surface area contributed by atoms with Crippen molar-refractivity contribution in [1.29, 1.82) is 0 Å². The second kappa shape index (κ2) is 6.75. The Balaban J connectivity index is 1.74. The maximum absolute atomic E-state index is 12.6. The molecular formula is C18H23N3O3. The number of benzene rings is 1. The summed E-state index contributed by atoms with van der Waals surface area (Å²) in [5.41, 5.74) is 2.96. The van der Waals surface area contributed by atoms with Gasteiger partial charge in [-0.15, -0.1) is 0 Å². The van der Waals surface area contributed by atoms with E-state index in [9.17, 15) is 4.79 Å². The number of aryl methyl sites for hydroxylation is 1. The van der Waals surface area contributed by atoms with E-state index in [1.807, 2.05) is 42.7 Å². The molecule has 1 unspecified atom stereocenters. The average Bonchev–Trinajstić information content (AvgIpc) is 2.95. The summed E-state index contributed by atoms with van der Waals surface area (Å²) in [4.78, 5) is 16.9. The van der Waals surface area contributed by atoms with Crippen LogP contribution in [0.5, 0.6) is 0 Å². The number of nitrogens with one attached hydrogen (secondary N) is 1. The third kappa shape index (κ3) is 3.07. The molecule has 6 nitrogen and oxygen atoms in total. The molecule has 6 heteroatoms. The fourth-order valence-electron chi connectivity index (χ4n) is 2.91. The lowest BCUT2D eigenvalue weighted by molar-refractivity contribution is -0.154. The number of aromatic nitrogens is 2. The van der Waals surface area contributed by atoms with Crippen LogP contribution in [0, 0.1) is 13.8 Å². The predicted molar refractivity (Wildman–Crippen MR) is 91.5 cm³/mol. The number of nitrogens with zero attached hydrogens (tertiary/aromatic N) is 2. The first-order valence-corrected chi connectivity index (χ1v) is 8.11. The fourth-order valence-corrected chi connectivity index (χ4v) is 2.91. The Kier molecular flexibility index (Phi) is 4.69. The zero-order valence-corrected chi connectivity index (χ0v) is 14.3. The van der Waals surface area contributed by atoms with Gasteiger partial charge >= 0.3 is 0 Å². The summed E-state index contributed by atoms with van der Waals surface area (Å²) in [6, 6.07) is 7.69. The Labute approximate surface area is 141 Å². The van der Waals surface area contributed by atoms with E-state index >= 15 is 0 Å². The van der Waals surface area contributed by atoms with Gasteiger partial charge in [-0.1, -0.05) is 0 Å². The number of hydrogen-bond acceptors (Lipinski definition) is 4. The SMILES string of the molecule is COC1(C(=O)Nc2ccc(-n3cnc(C)c3C)cc2)CCCOC1. The van der Waals surface area contributed by atoms with E-state index in [0.29, 0.717) is 19.6 Å². The fraction of sp³-hybridized carbons (Fsp3) is 0.444. The molecule has 0 aliphatic carbocycles. The zero-order valence-electron chi connectivity index (χ0n) is 14.3. The highest BCUT2D eigenvalue weighted by atomic mass is 16.5. The number of methoxy groups -OCH3 is 1.